The monoisotopic (exact) mass is 1700 g/mol. The van der Waals surface area contributed by atoms with E-state index in [4.69, 9.17) is 169 Å². The predicted molar refractivity (Wildman–Crippen MR) is 442 cm³/mol. The summed E-state index contributed by atoms with van der Waals surface area (Å²) in [7, 11) is 0. The van der Waals surface area contributed by atoms with Gasteiger partial charge in [-0.05, 0) is 84.0 Å². The van der Waals surface area contributed by atoms with Crippen molar-refractivity contribution in [1.82, 2.24) is 0 Å². The lowest BCUT2D eigenvalue weighted by atomic mass is 10.0. The topological polar surface area (TPSA) is 625 Å². The molecule has 0 aliphatic carbocycles. The zero-order valence-electron chi connectivity index (χ0n) is 70.1. The van der Waals surface area contributed by atoms with Gasteiger partial charge in [-0.1, -0.05) is 134 Å². The Morgan fingerprint density at radius 2 is 0.730 bits per heavy atom. The van der Waals surface area contributed by atoms with Crippen LogP contribution in [-0.2, 0) is 47.5 Å². The van der Waals surface area contributed by atoms with Crippen molar-refractivity contribution in [2.45, 2.75) is 274 Å². The fourth-order valence-electron chi connectivity index (χ4n) is 7.14. The fourth-order valence-corrected chi connectivity index (χ4v) is 7.23. The van der Waals surface area contributed by atoms with E-state index in [1.165, 1.54) is 96.0 Å². The zero-order chi connectivity index (χ0) is 89.3. The van der Waals surface area contributed by atoms with E-state index in [9.17, 15) is 19.2 Å². The van der Waals surface area contributed by atoms with Crippen molar-refractivity contribution in [3.8, 4) is 0 Å². The van der Waals surface area contributed by atoms with Gasteiger partial charge >= 0.3 is 24.2 Å². The molecule has 0 aliphatic rings. The summed E-state index contributed by atoms with van der Waals surface area (Å²) in [5, 5.41) is 168. The molecule has 0 heterocycles. The molecular formula is C79H166ClN3O32. The Bertz CT molecular complexity index is 1730. The first-order valence-corrected chi connectivity index (χ1v) is 41.0. The molecule has 696 valence electrons. The second-order valence-corrected chi connectivity index (χ2v) is 26.4. The van der Waals surface area contributed by atoms with E-state index in [0.717, 1.165) is 51.4 Å². The van der Waals surface area contributed by atoms with Crippen LogP contribution in [0.1, 0.15) is 226 Å². The van der Waals surface area contributed by atoms with Crippen LogP contribution in [0, 0.1) is 0 Å². The number of aliphatic hydroxyl groups is 20. The van der Waals surface area contributed by atoms with Gasteiger partial charge in [0, 0.05) is 65.3 Å². The third-order valence-corrected chi connectivity index (χ3v) is 14.6. The van der Waals surface area contributed by atoms with Gasteiger partial charge < -0.3 is 157 Å². The summed E-state index contributed by atoms with van der Waals surface area (Å²) in [6.07, 6.45) is 31.5. The minimum atomic E-state index is -0.806. The minimum Gasteiger partial charge on any atom is -0.466 e. The molecule has 0 fully saturated rings. The summed E-state index contributed by atoms with van der Waals surface area (Å²) in [6, 6.07) is -0.454. The van der Waals surface area contributed by atoms with Gasteiger partial charge in [0.25, 0.3) is 0 Å². The smallest absolute Gasteiger partial charge is 0.466 e. The number of carbonyl (C=O) groups is 4. The molecule has 26 N–H and O–H groups in total. The molecule has 0 rings (SSSR count). The lowest BCUT2D eigenvalue weighted by Gasteiger charge is -2.16. The first-order valence-electron chi connectivity index (χ1n) is 40.5. The number of aliphatic hydroxyl groups excluding tert-OH is 20. The molecule has 0 saturated heterocycles. The summed E-state index contributed by atoms with van der Waals surface area (Å²) in [5.74, 6) is -0.386. The molecule has 0 spiro atoms. The highest BCUT2D eigenvalue weighted by atomic mass is 35.5. The molecule has 6 atom stereocenters. The molecule has 0 radical (unpaired) electrons. The van der Waals surface area contributed by atoms with Crippen molar-refractivity contribution in [3.63, 3.8) is 0 Å². The highest BCUT2D eigenvalue weighted by Gasteiger charge is 2.14. The summed E-state index contributed by atoms with van der Waals surface area (Å²) in [6.45, 7) is 15.3. The normalized spacial score (nSPS) is 11.9. The largest absolute Gasteiger partial charge is 0.508 e. The SMILES string of the molecule is C=CC(O)CO.C=CCCCCC(O)CO.C=CCOCC(O)CO.CC(N)(CO)CO.CCCCCCCCCCCCCCCCCOCC(O)CO.NC(CO)CO.NCC(O)CO.O=C(CCCCCO)OCCCOC(=O)CCCCCO.O=C(OCCCCO)OCCCOC(=O)OCCCCO.OCC(O)CCl. The second-order valence-electron chi connectivity index (χ2n) is 26.0. The third-order valence-electron chi connectivity index (χ3n) is 14.3. The number of alkyl halides is 1. The quantitative estimate of drug-likeness (QED) is 0.0137. The Kier molecular flexibility index (Phi) is 136. The van der Waals surface area contributed by atoms with Crippen LogP contribution < -0.4 is 17.2 Å². The van der Waals surface area contributed by atoms with Gasteiger partial charge in [0.1, 0.15) is 12.2 Å². The number of unbranched alkanes of at least 4 members (excludes halogenated alkanes) is 22. The molecule has 36 heteroatoms. The number of carbonyl (C=O) groups excluding carboxylic acids is 4. The summed E-state index contributed by atoms with van der Waals surface area (Å²) in [4.78, 5) is 44.7. The maximum absolute atomic E-state index is 11.3. The molecule has 115 heavy (non-hydrogen) atoms. The van der Waals surface area contributed by atoms with Crippen molar-refractivity contribution in [2.75, 3.05) is 171 Å². The number of allylic oxidation sites excluding steroid dienone is 1. The molecular weight excluding hydrogens is 1540 g/mol. The fraction of sp³-hybridized carbons (Fsp3) is 0.873. The lowest BCUT2D eigenvalue weighted by molar-refractivity contribution is -0.146. The Morgan fingerprint density at radius 1 is 0.391 bits per heavy atom. The predicted octanol–water partition coefficient (Wildman–Crippen LogP) is 3.04. The van der Waals surface area contributed by atoms with E-state index in [2.05, 4.69) is 26.7 Å². The van der Waals surface area contributed by atoms with Gasteiger partial charge in [0.15, 0.2) is 0 Å². The number of hydrogen-bond acceptors (Lipinski definition) is 35. The number of esters is 2. The van der Waals surface area contributed by atoms with Crippen molar-refractivity contribution in [2.24, 2.45) is 17.2 Å². The standard InChI is InChI=1S/C20H42O3.C15H28O6.C13H24O8.C8H16O2.C6H12O3.C4H11NO2.C4H8O2.C3H7ClO2.2C3H9NO2/c1-2-3-4-5-6-7-8-9-10-11-12-13-14-15-16-17-23-19-20(22)18-21;16-10-5-1-3-8-14(18)20-12-7-13-21-15(19)9-4-2-6-11-17;14-6-1-3-8-18-12(16)20-10-5-11-21-13(17)19-9-4-2-7-15;1-2-3-4-5-6-8(10)7-9;1-2-3-9-5-6(8)4-7;1-4(5,2-6)3-7;1-2-4(6)3-5;4-1-3(6)2-5;4-3(1-5)2-6;4-1-3(6)2-5/h20-22H,2-19H2,1H3;16-17H,1-13H2;14-15H,1-11H2;2,8-10H,1,3-7H2;2,6-8H,1,3-5H2;6-7H,2-3,5H2,1H3;2,4-6H,1,3H2;3,5-6H,1-2H2;2*3,5-6H,1-2,4H2. The van der Waals surface area contributed by atoms with Crippen LogP contribution in [-0.4, -0.2) is 346 Å². The third kappa shape index (κ3) is 145. The van der Waals surface area contributed by atoms with E-state index in [1.54, 1.807) is 13.0 Å². The van der Waals surface area contributed by atoms with Gasteiger partial charge in [-0.15, -0.1) is 31.3 Å². The van der Waals surface area contributed by atoms with E-state index in [-0.39, 0.29) is 170 Å². The van der Waals surface area contributed by atoms with Crippen LogP contribution in [0.15, 0.2) is 38.0 Å². The molecule has 0 saturated carbocycles. The first kappa shape index (κ1) is 132. The molecule has 0 aliphatic heterocycles. The molecule has 0 aromatic rings. The Labute approximate surface area is 692 Å². The molecule has 6 unspecified atom stereocenters. The molecule has 0 bridgehead atoms. The van der Waals surface area contributed by atoms with Gasteiger partial charge in [0.05, 0.1) is 167 Å². The molecule has 0 amide bonds. The van der Waals surface area contributed by atoms with Crippen molar-refractivity contribution in [3.05, 3.63) is 38.0 Å². The zero-order valence-corrected chi connectivity index (χ0v) is 70.8. The van der Waals surface area contributed by atoms with E-state index >= 15 is 0 Å². The van der Waals surface area contributed by atoms with E-state index in [1.807, 2.05) is 6.08 Å². The average Bonchev–Trinajstić information content (AvgIpc) is 1.01. The van der Waals surface area contributed by atoms with Crippen molar-refractivity contribution in [1.29, 1.82) is 0 Å². The van der Waals surface area contributed by atoms with E-state index in [0.29, 0.717) is 83.8 Å². The highest BCUT2D eigenvalue weighted by molar-refractivity contribution is 6.18. The van der Waals surface area contributed by atoms with Gasteiger partial charge in [-0.2, -0.15) is 0 Å². The Morgan fingerprint density at radius 3 is 1.00 bits per heavy atom. The minimum absolute atomic E-state index is 0.0614. The van der Waals surface area contributed by atoms with Crippen LogP contribution in [0.5, 0.6) is 0 Å². The maximum atomic E-state index is 11.3. The lowest BCUT2D eigenvalue weighted by Crippen LogP contribution is -2.43. The molecule has 0 aromatic carbocycles. The molecule has 35 nitrogen and oxygen atoms in total. The first-order chi connectivity index (χ1) is 55.2. The van der Waals surface area contributed by atoms with Crippen LogP contribution in [0.25, 0.3) is 0 Å². The van der Waals surface area contributed by atoms with Crippen molar-refractivity contribution >= 4 is 35.9 Å². The maximum Gasteiger partial charge on any atom is 0.508 e. The Balaban J connectivity index is -0.000000140. The summed E-state index contributed by atoms with van der Waals surface area (Å²) < 4.78 is 39.0. The average molecular weight is 1710 g/mol. The van der Waals surface area contributed by atoms with Gasteiger partial charge in [-0.3, -0.25) is 9.59 Å². The van der Waals surface area contributed by atoms with Crippen LogP contribution in [0.3, 0.4) is 0 Å². The highest BCUT2D eigenvalue weighted by Crippen LogP contribution is 2.14. The number of halogens is 1. The number of hydrogen-bond donors (Lipinski definition) is 23. The van der Waals surface area contributed by atoms with Crippen LogP contribution in [0.4, 0.5) is 9.59 Å². The van der Waals surface area contributed by atoms with Crippen LogP contribution in [0.2, 0.25) is 0 Å². The van der Waals surface area contributed by atoms with Crippen LogP contribution >= 0.6 is 11.6 Å². The molecule has 0 aromatic heterocycles. The Hall–Kier alpha value is -4.01. The summed E-state index contributed by atoms with van der Waals surface area (Å²) >= 11 is 5.04. The van der Waals surface area contributed by atoms with Gasteiger partial charge in [0.2, 0.25) is 0 Å². The van der Waals surface area contributed by atoms with Gasteiger partial charge in [-0.25, -0.2) is 9.59 Å². The van der Waals surface area contributed by atoms with E-state index < -0.39 is 60.5 Å². The summed E-state index contributed by atoms with van der Waals surface area (Å²) in [5.41, 5.74) is 14.3. The van der Waals surface area contributed by atoms with Crippen molar-refractivity contribution < 1.29 is 159 Å². The second kappa shape index (κ2) is 119. The number of rotatable bonds is 66. The number of nitrogens with two attached hydrogens (primary N) is 3. The number of ether oxygens (including phenoxy) is 8.